The van der Waals surface area contributed by atoms with Gasteiger partial charge < -0.3 is 11.1 Å². The van der Waals surface area contributed by atoms with Crippen molar-refractivity contribution < 1.29 is 4.79 Å². The highest BCUT2D eigenvalue weighted by Crippen LogP contribution is 2.05. The summed E-state index contributed by atoms with van der Waals surface area (Å²) in [6, 6.07) is 2.01. The van der Waals surface area contributed by atoms with Crippen LogP contribution in [0.3, 0.4) is 0 Å². The number of carbonyl (C=O) groups excluding carboxylic acids is 1. The number of hydrogen-bond acceptors (Lipinski definition) is 3. The number of carbonyl (C=O) groups is 1. The van der Waals surface area contributed by atoms with Crippen molar-refractivity contribution in [3.05, 3.63) is 22.4 Å². The molecule has 1 atom stereocenters. The fourth-order valence-corrected chi connectivity index (χ4v) is 1.73. The molecule has 14 heavy (non-hydrogen) atoms. The molecule has 0 saturated heterocycles. The minimum absolute atomic E-state index is 0.0779. The molecule has 0 spiro atoms. The quantitative estimate of drug-likeness (QED) is 0.774. The summed E-state index contributed by atoms with van der Waals surface area (Å²) in [5.74, 6) is 0.339. The first-order valence-corrected chi connectivity index (χ1v) is 5.64. The normalized spacial score (nSPS) is 12.4. The van der Waals surface area contributed by atoms with Gasteiger partial charge in [0.05, 0.1) is 0 Å². The highest BCUT2D eigenvalue weighted by atomic mass is 32.1. The highest BCUT2D eigenvalue weighted by molar-refractivity contribution is 7.07. The molecule has 1 aromatic heterocycles. The van der Waals surface area contributed by atoms with Crippen LogP contribution in [0.2, 0.25) is 0 Å². The second kappa shape index (κ2) is 5.78. The Balaban J connectivity index is 2.22. The van der Waals surface area contributed by atoms with Crippen LogP contribution in [0.4, 0.5) is 0 Å². The van der Waals surface area contributed by atoms with E-state index < -0.39 is 0 Å². The zero-order valence-corrected chi connectivity index (χ0v) is 9.14. The summed E-state index contributed by atoms with van der Waals surface area (Å²) in [5, 5.41) is 6.90. The van der Waals surface area contributed by atoms with Crippen LogP contribution < -0.4 is 11.1 Å². The minimum atomic E-state index is 0.0779. The number of thiophene rings is 1. The molecule has 1 unspecified atom stereocenters. The second-order valence-electron chi connectivity index (χ2n) is 3.45. The zero-order valence-electron chi connectivity index (χ0n) is 8.32. The third-order valence-corrected chi connectivity index (χ3v) is 2.74. The predicted molar refractivity (Wildman–Crippen MR) is 59.0 cm³/mol. The van der Waals surface area contributed by atoms with Crippen LogP contribution in [0.25, 0.3) is 0 Å². The van der Waals surface area contributed by atoms with Crippen LogP contribution in [0.1, 0.15) is 18.9 Å². The molecule has 0 aliphatic carbocycles. The van der Waals surface area contributed by atoms with Gasteiger partial charge in [0.15, 0.2) is 0 Å². The number of nitrogens with one attached hydrogen (secondary N) is 1. The summed E-state index contributed by atoms with van der Waals surface area (Å²) in [6.07, 6.45) is 0.515. The Hall–Kier alpha value is -0.870. The summed E-state index contributed by atoms with van der Waals surface area (Å²) >= 11 is 1.64. The molecular formula is C10H16N2OS. The Morgan fingerprint density at radius 2 is 2.50 bits per heavy atom. The van der Waals surface area contributed by atoms with E-state index in [2.05, 4.69) is 5.32 Å². The minimum Gasteiger partial charge on any atom is -0.352 e. The van der Waals surface area contributed by atoms with Gasteiger partial charge in [0.25, 0.3) is 0 Å². The van der Waals surface area contributed by atoms with Gasteiger partial charge in [0.1, 0.15) is 0 Å². The Kier molecular flexibility index (Phi) is 4.62. The summed E-state index contributed by atoms with van der Waals surface area (Å²) in [5.41, 5.74) is 6.59. The average molecular weight is 212 g/mol. The lowest BCUT2D eigenvalue weighted by Gasteiger charge is -2.08. The molecule has 0 aliphatic heterocycles. The first-order chi connectivity index (χ1) is 6.72. The smallest absolute Gasteiger partial charge is 0.220 e. The molecule has 3 nitrogen and oxygen atoms in total. The predicted octanol–water partition coefficient (Wildman–Crippen LogP) is 1.35. The summed E-state index contributed by atoms with van der Waals surface area (Å²) in [4.78, 5) is 11.3. The van der Waals surface area contributed by atoms with Gasteiger partial charge in [-0.15, -0.1) is 0 Å². The van der Waals surface area contributed by atoms with Crippen molar-refractivity contribution in [3.63, 3.8) is 0 Å². The van der Waals surface area contributed by atoms with E-state index in [0.29, 0.717) is 19.5 Å². The van der Waals surface area contributed by atoms with Crippen LogP contribution >= 0.6 is 11.3 Å². The van der Waals surface area contributed by atoms with Gasteiger partial charge in [-0.2, -0.15) is 11.3 Å². The van der Waals surface area contributed by atoms with E-state index in [-0.39, 0.29) is 11.8 Å². The molecule has 1 aromatic rings. The van der Waals surface area contributed by atoms with Crippen molar-refractivity contribution >= 4 is 17.2 Å². The fourth-order valence-electron chi connectivity index (χ4n) is 1.07. The summed E-state index contributed by atoms with van der Waals surface area (Å²) in [7, 11) is 0. The van der Waals surface area contributed by atoms with Gasteiger partial charge in [-0.3, -0.25) is 4.79 Å². The maximum atomic E-state index is 11.3. The van der Waals surface area contributed by atoms with Crippen LogP contribution in [0.5, 0.6) is 0 Å². The molecule has 78 valence electrons. The molecule has 3 N–H and O–H groups in total. The van der Waals surface area contributed by atoms with Crippen molar-refractivity contribution in [1.82, 2.24) is 5.32 Å². The second-order valence-corrected chi connectivity index (χ2v) is 4.23. The third kappa shape index (κ3) is 3.89. The average Bonchev–Trinajstić information content (AvgIpc) is 2.67. The Morgan fingerprint density at radius 3 is 3.07 bits per heavy atom. The lowest BCUT2D eigenvalue weighted by atomic mass is 10.1. The van der Waals surface area contributed by atoms with Crippen LogP contribution in [-0.2, 0) is 11.3 Å². The Labute approximate surface area is 88.3 Å². The Morgan fingerprint density at radius 1 is 1.71 bits per heavy atom. The molecule has 4 heteroatoms. The molecule has 0 aliphatic rings. The van der Waals surface area contributed by atoms with Crippen molar-refractivity contribution in [3.8, 4) is 0 Å². The molecule has 0 bridgehead atoms. The van der Waals surface area contributed by atoms with E-state index in [1.807, 2.05) is 23.8 Å². The summed E-state index contributed by atoms with van der Waals surface area (Å²) in [6.45, 7) is 3.16. The highest BCUT2D eigenvalue weighted by Gasteiger charge is 2.06. The van der Waals surface area contributed by atoms with Gasteiger partial charge in [-0.1, -0.05) is 6.92 Å². The monoisotopic (exact) mass is 212 g/mol. The van der Waals surface area contributed by atoms with E-state index in [9.17, 15) is 4.79 Å². The first kappa shape index (κ1) is 11.2. The molecule has 0 aromatic carbocycles. The molecule has 1 heterocycles. The molecule has 1 rings (SSSR count). The van der Waals surface area contributed by atoms with Crippen molar-refractivity contribution in [2.75, 3.05) is 6.54 Å². The van der Waals surface area contributed by atoms with Gasteiger partial charge >= 0.3 is 0 Å². The lowest BCUT2D eigenvalue weighted by molar-refractivity contribution is -0.122. The maximum Gasteiger partial charge on any atom is 0.220 e. The van der Waals surface area contributed by atoms with E-state index >= 15 is 0 Å². The van der Waals surface area contributed by atoms with Gasteiger partial charge in [0, 0.05) is 13.0 Å². The topological polar surface area (TPSA) is 55.1 Å². The van der Waals surface area contributed by atoms with E-state index in [1.165, 1.54) is 0 Å². The number of hydrogen-bond donors (Lipinski definition) is 2. The van der Waals surface area contributed by atoms with Crippen molar-refractivity contribution in [1.29, 1.82) is 0 Å². The zero-order chi connectivity index (χ0) is 10.4. The van der Waals surface area contributed by atoms with Gasteiger partial charge in [-0.05, 0) is 34.9 Å². The van der Waals surface area contributed by atoms with Crippen molar-refractivity contribution in [2.45, 2.75) is 19.9 Å². The standard InChI is InChI=1S/C10H16N2OS/c1-8(5-11)4-10(13)12-6-9-2-3-14-7-9/h2-3,7-8H,4-6,11H2,1H3,(H,12,13). The maximum absolute atomic E-state index is 11.3. The first-order valence-electron chi connectivity index (χ1n) is 4.70. The van der Waals surface area contributed by atoms with Gasteiger partial charge in [-0.25, -0.2) is 0 Å². The van der Waals surface area contributed by atoms with E-state index in [1.54, 1.807) is 11.3 Å². The molecule has 0 radical (unpaired) electrons. The molecule has 0 saturated carbocycles. The SMILES string of the molecule is CC(CN)CC(=O)NCc1ccsc1. The largest absolute Gasteiger partial charge is 0.352 e. The number of amides is 1. The third-order valence-electron chi connectivity index (χ3n) is 2.01. The fraction of sp³-hybridized carbons (Fsp3) is 0.500. The van der Waals surface area contributed by atoms with Crippen molar-refractivity contribution in [2.24, 2.45) is 11.7 Å². The molecule has 0 fully saturated rings. The van der Waals surface area contributed by atoms with Crippen LogP contribution in [0.15, 0.2) is 16.8 Å². The van der Waals surface area contributed by atoms with Crippen LogP contribution in [-0.4, -0.2) is 12.5 Å². The Bertz CT molecular complexity index is 272. The van der Waals surface area contributed by atoms with E-state index in [0.717, 1.165) is 5.56 Å². The number of nitrogens with two attached hydrogens (primary N) is 1. The molecular weight excluding hydrogens is 196 g/mol. The van der Waals surface area contributed by atoms with Gasteiger partial charge in [0.2, 0.25) is 5.91 Å². The summed E-state index contributed by atoms with van der Waals surface area (Å²) < 4.78 is 0. The lowest BCUT2D eigenvalue weighted by Crippen LogP contribution is -2.26. The number of rotatable bonds is 5. The van der Waals surface area contributed by atoms with E-state index in [4.69, 9.17) is 5.73 Å². The van der Waals surface area contributed by atoms with Crippen LogP contribution in [0, 0.1) is 5.92 Å². The molecule has 1 amide bonds.